The number of Topliss-reactive ketones (excluding diaryl/α,β-unsaturated/α-hetero) is 1. The van der Waals surface area contributed by atoms with Gasteiger partial charge >= 0.3 is 5.97 Å². The highest BCUT2D eigenvalue weighted by Crippen LogP contribution is 2.11. The summed E-state index contributed by atoms with van der Waals surface area (Å²) in [5.74, 6) is -0.750. The topological polar surface area (TPSA) is 85.6 Å². The molecular weight excluding hydrogens is 390 g/mol. The van der Waals surface area contributed by atoms with Crippen LogP contribution < -0.4 is 14.8 Å². The minimum atomic E-state index is -0.585. The number of hydrogen-bond acceptors (Lipinski definition) is 6. The second-order valence-corrected chi connectivity index (χ2v) is 7.18. The van der Waals surface area contributed by atoms with Gasteiger partial charge in [0.2, 0.25) is 0 Å². The fourth-order valence-corrected chi connectivity index (χ4v) is 3.73. The number of esters is 1. The maximum Gasteiger partial charge on any atom is 0.333 e. The van der Waals surface area contributed by atoms with E-state index >= 15 is 0 Å². The van der Waals surface area contributed by atoms with Crippen molar-refractivity contribution in [3.05, 3.63) is 85.3 Å². The number of aromatic hydroxyl groups is 1. The van der Waals surface area contributed by atoms with Crippen LogP contribution in [0.1, 0.15) is 22.8 Å². The lowest BCUT2D eigenvalue weighted by Gasteiger charge is -2.02. The molecule has 1 aromatic heterocycles. The monoisotopic (exact) mass is 409 g/mol. The van der Waals surface area contributed by atoms with Crippen molar-refractivity contribution in [1.82, 2.24) is 4.57 Å². The van der Waals surface area contributed by atoms with Crippen LogP contribution in [-0.2, 0) is 16.1 Å². The molecule has 29 heavy (non-hydrogen) atoms. The Labute approximate surface area is 170 Å². The molecule has 0 radical (unpaired) electrons. The van der Waals surface area contributed by atoms with Crippen LogP contribution in [0.3, 0.4) is 0 Å². The maximum absolute atomic E-state index is 12.9. The first-order valence-corrected chi connectivity index (χ1v) is 9.76. The summed E-state index contributed by atoms with van der Waals surface area (Å²) in [6.07, 6.45) is 2.83. The van der Waals surface area contributed by atoms with Crippen LogP contribution >= 0.6 is 11.3 Å². The molecular formula is C22H19NO5S. The van der Waals surface area contributed by atoms with Gasteiger partial charge in [0.05, 0.1) is 23.8 Å². The lowest BCUT2D eigenvalue weighted by atomic mass is 10.1. The lowest BCUT2D eigenvalue weighted by molar-refractivity contribution is -0.135. The van der Waals surface area contributed by atoms with Crippen molar-refractivity contribution in [2.75, 3.05) is 6.61 Å². The molecule has 2 aromatic carbocycles. The van der Waals surface area contributed by atoms with E-state index in [-0.39, 0.29) is 24.7 Å². The molecule has 6 nitrogen and oxygen atoms in total. The number of carbonyl (C=O) groups is 2. The molecule has 148 valence electrons. The number of phenolic OH excluding ortho intramolecular Hbond substituents is 1. The zero-order chi connectivity index (χ0) is 20.8. The number of ketones is 1. The highest BCUT2D eigenvalue weighted by Gasteiger charge is 2.12. The van der Waals surface area contributed by atoms with Crippen molar-refractivity contribution in [1.29, 1.82) is 0 Å². The van der Waals surface area contributed by atoms with Crippen LogP contribution in [0.25, 0.3) is 12.2 Å². The summed E-state index contributed by atoms with van der Waals surface area (Å²) in [6.45, 7) is 1.70. The smallest absolute Gasteiger partial charge is 0.333 e. The molecule has 3 rings (SSSR count). The molecule has 0 saturated heterocycles. The molecule has 0 aliphatic carbocycles. The molecule has 0 spiro atoms. The molecule has 0 unspecified atom stereocenters. The summed E-state index contributed by atoms with van der Waals surface area (Å²) in [5, 5.41) is 9.63. The first-order valence-electron chi connectivity index (χ1n) is 8.95. The Morgan fingerprint density at radius 2 is 1.90 bits per heavy atom. The van der Waals surface area contributed by atoms with Gasteiger partial charge in [0.15, 0.2) is 5.78 Å². The van der Waals surface area contributed by atoms with Crippen LogP contribution in [0.2, 0.25) is 0 Å². The molecule has 0 fully saturated rings. The standard InChI is InChI=1S/C22H19NO5S/c1-2-28-21(26)13-20-23(14-18(25)16-8-4-3-5-9-16)22(27)19(29-20)12-15-7-6-10-17(24)11-15/h3-13,24H,2,14H2,1H3/b19-12-,20-13-. The van der Waals surface area contributed by atoms with Gasteiger partial charge in [-0.3, -0.25) is 14.2 Å². The third-order valence-corrected chi connectivity index (χ3v) is 5.09. The zero-order valence-corrected chi connectivity index (χ0v) is 16.5. The normalized spacial score (nSPS) is 12.2. The van der Waals surface area contributed by atoms with Crippen molar-refractivity contribution in [2.24, 2.45) is 0 Å². The maximum atomic E-state index is 12.9. The molecule has 3 aromatic rings. The summed E-state index contributed by atoms with van der Waals surface area (Å²) in [7, 11) is 0. The number of ether oxygens (including phenoxy) is 1. The van der Waals surface area contributed by atoms with Crippen molar-refractivity contribution >= 4 is 35.2 Å². The van der Waals surface area contributed by atoms with Crippen LogP contribution in [0.5, 0.6) is 5.75 Å². The van der Waals surface area contributed by atoms with E-state index in [1.807, 2.05) is 0 Å². The van der Waals surface area contributed by atoms with E-state index in [0.29, 0.717) is 20.3 Å². The van der Waals surface area contributed by atoms with Crippen molar-refractivity contribution in [3.8, 4) is 5.75 Å². The van der Waals surface area contributed by atoms with E-state index in [9.17, 15) is 19.5 Å². The summed E-state index contributed by atoms with van der Waals surface area (Å²) in [6, 6.07) is 15.1. The molecule has 0 aliphatic rings. The first-order chi connectivity index (χ1) is 14.0. The second-order valence-electron chi connectivity index (χ2n) is 6.12. The average molecular weight is 409 g/mol. The molecule has 0 aliphatic heterocycles. The summed E-state index contributed by atoms with van der Waals surface area (Å²) in [5.41, 5.74) is 0.719. The van der Waals surface area contributed by atoms with Crippen molar-refractivity contribution < 1.29 is 19.4 Å². The fraction of sp³-hybridized carbons (Fsp3) is 0.136. The highest BCUT2D eigenvalue weighted by molar-refractivity contribution is 7.07. The molecule has 0 amide bonds. The Balaban J connectivity index is 2.10. The quantitative estimate of drug-likeness (QED) is 0.495. The Bertz CT molecular complexity index is 1210. The first kappa shape index (κ1) is 20.3. The van der Waals surface area contributed by atoms with Crippen molar-refractivity contribution in [2.45, 2.75) is 13.5 Å². The minimum Gasteiger partial charge on any atom is -0.508 e. The average Bonchev–Trinajstić information content (AvgIpc) is 2.97. The van der Waals surface area contributed by atoms with Gasteiger partial charge in [-0.25, -0.2) is 4.79 Å². The van der Waals surface area contributed by atoms with E-state index in [2.05, 4.69) is 0 Å². The third kappa shape index (κ3) is 5.08. The van der Waals surface area contributed by atoms with Crippen LogP contribution in [0.4, 0.5) is 0 Å². The molecule has 0 saturated carbocycles. The van der Waals surface area contributed by atoms with E-state index in [1.54, 1.807) is 55.5 Å². The number of aromatic nitrogens is 1. The second kappa shape index (κ2) is 9.16. The molecule has 7 heteroatoms. The van der Waals surface area contributed by atoms with Gasteiger partial charge in [-0.1, -0.05) is 42.5 Å². The highest BCUT2D eigenvalue weighted by atomic mass is 32.1. The van der Waals surface area contributed by atoms with E-state index in [4.69, 9.17) is 4.74 Å². The lowest BCUT2D eigenvalue weighted by Crippen LogP contribution is -2.34. The van der Waals surface area contributed by atoms with Gasteiger partial charge in [0.1, 0.15) is 10.4 Å². The van der Waals surface area contributed by atoms with Gasteiger partial charge in [0.25, 0.3) is 5.56 Å². The van der Waals surface area contributed by atoms with E-state index < -0.39 is 11.5 Å². The Kier molecular flexibility index (Phi) is 6.41. The van der Waals surface area contributed by atoms with Gasteiger partial charge in [-0.2, -0.15) is 0 Å². The number of phenols is 1. The number of thiazole rings is 1. The molecule has 1 N–H and O–H groups in total. The predicted octanol–water partition coefficient (Wildman–Crippen LogP) is 1.67. The third-order valence-electron chi connectivity index (χ3n) is 4.03. The van der Waals surface area contributed by atoms with Crippen LogP contribution in [0, 0.1) is 0 Å². The Morgan fingerprint density at radius 1 is 1.14 bits per heavy atom. The van der Waals surface area contributed by atoms with Crippen LogP contribution in [0.15, 0.2) is 59.4 Å². The molecule has 0 bridgehead atoms. The number of benzene rings is 2. The van der Waals surface area contributed by atoms with E-state index in [1.165, 1.54) is 22.8 Å². The Morgan fingerprint density at radius 3 is 2.59 bits per heavy atom. The van der Waals surface area contributed by atoms with Crippen LogP contribution in [-0.4, -0.2) is 28.0 Å². The van der Waals surface area contributed by atoms with E-state index in [0.717, 1.165) is 11.3 Å². The van der Waals surface area contributed by atoms with Crippen molar-refractivity contribution in [3.63, 3.8) is 0 Å². The number of nitrogens with zero attached hydrogens (tertiary/aromatic N) is 1. The SMILES string of the molecule is CCOC(=O)/C=c1\s/c(=C\c2cccc(O)c2)c(=O)n1CC(=O)c1ccccc1. The van der Waals surface area contributed by atoms with Gasteiger partial charge in [0, 0.05) is 5.56 Å². The largest absolute Gasteiger partial charge is 0.508 e. The summed E-state index contributed by atoms with van der Waals surface area (Å²) >= 11 is 1.08. The Hall–Kier alpha value is -3.45. The predicted molar refractivity (Wildman–Crippen MR) is 111 cm³/mol. The number of rotatable bonds is 6. The minimum absolute atomic E-state index is 0.0770. The number of carbonyl (C=O) groups excluding carboxylic acids is 2. The zero-order valence-electron chi connectivity index (χ0n) is 15.7. The molecule has 1 heterocycles. The van der Waals surface area contributed by atoms with Gasteiger partial charge < -0.3 is 9.84 Å². The summed E-state index contributed by atoms with van der Waals surface area (Å²) in [4.78, 5) is 37.5. The van der Waals surface area contributed by atoms with Gasteiger partial charge in [-0.05, 0) is 30.7 Å². The number of hydrogen-bond donors (Lipinski definition) is 1. The summed E-state index contributed by atoms with van der Waals surface area (Å²) < 4.78 is 6.87. The molecule has 0 atom stereocenters. The van der Waals surface area contributed by atoms with Gasteiger partial charge in [-0.15, -0.1) is 11.3 Å². The fourth-order valence-electron chi connectivity index (χ4n) is 2.70.